The topological polar surface area (TPSA) is 70.2 Å². The van der Waals surface area contributed by atoms with Crippen LogP contribution >= 0.6 is 0 Å². The van der Waals surface area contributed by atoms with Gasteiger partial charge in [0.1, 0.15) is 6.04 Å². The Kier molecular flexibility index (Phi) is 5.14. The summed E-state index contributed by atoms with van der Waals surface area (Å²) in [5, 5.41) is 8.94. The zero-order valence-electron chi connectivity index (χ0n) is 11.8. The summed E-state index contributed by atoms with van der Waals surface area (Å²) in [5.41, 5.74) is -0.471. The monoisotopic (exact) mass is 255 g/mol. The van der Waals surface area contributed by atoms with Crippen LogP contribution in [0.4, 0.5) is 0 Å². The summed E-state index contributed by atoms with van der Waals surface area (Å²) in [4.78, 5) is 23.7. The second-order valence-corrected chi connectivity index (χ2v) is 6.00. The van der Waals surface area contributed by atoms with Crippen molar-refractivity contribution in [1.29, 1.82) is 0 Å². The molecule has 2 atom stereocenters. The quantitative estimate of drug-likeness (QED) is 0.684. The van der Waals surface area contributed by atoms with Crippen molar-refractivity contribution in [2.75, 3.05) is 13.1 Å². The first-order valence-corrected chi connectivity index (χ1v) is 6.63. The lowest BCUT2D eigenvalue weighted by Crippen LogP contribution is -2.53. The van der Waals surface area contributed by atoms with Crippen molar-refractivity contribution in [1.82, 2.24) is 16.0 Å². The largest absolute Gasteiger partial charge is 0.350 e. The summed E-state index contributed by atoms with van der Waals surface area (Å²) in [5.74, 6) is -0.215. The lowest BCUT2D eigenvalue weighted by Gasteiger charge is -2.26. The normalized spacial score (nSPS) is 22.1. The second kappa shape index (κ2) is 6.18. The second-order valence-electron chi connectivity index (χ2n) is 6.00. The molecule has 1 aliphatic heterocycles. The van der Waals surface area contributed by atoms with E-state index >= 15 is 0 Å². The van der Waals surface area contributed by atoms with E-state index in [1.165, 1.54) is 0 Å². The van der Waals surface area contributed by atoms with Gasteiger partial charge in [0.15, 0.2) is 0 Å². The third-order valence-electron chi connectivity index (χ3n) is 3.07. The molecule has 0 aliphatic carbocycles. The van der Waals surface area contributed by atoms with E-state index < -0.39 is 11.5 Å². The third kappa shape index (κ3) is 4.64. The number of amides is 2. The lowest BCUT2D eigenvalue weighted by molar-refractivity contribution is -0.133. The van der Waals surface area contributed by atoms with Crippen LogP contribution in [0, 0.1) is 5.41 Å². The fourth-order valence-corrected chi connectivity index (χ4v) is 1.78. The minimum Gasteiger partial charge on any atom is -0.350 e. The Bertz CT molecular complexity index is 304. The fraction of sp³-hybridized carbons (Fsp3) is 0.846. The molecule has 104 valence electrons. The predicted molar refractivity (Wildman–Crippen MR) is 71.1 cm³/mol. The van der Waals surface area contributed by atoms with Crippen LogP contribution in [0.2, 0.25) is 0 Å². The van der Waals surface area contributed by atoms with E-state index in [0.717, 1.165) is 25.9 Å². The first-order valence-electron chi connectivity index (χ1n) is 6.63. The molecule has 5 nitrogen and oxygen atoms in total. The summed E-state index contributed by atoms with van der Waals surface area (Å²) in [6.07, 6.45) is 2.08. The third-order valence-corrected chi connectivity index (χ3v) is 3.07. The maximum absolute atomic E-state index is 11.9. The molecule has 18 heavy (non-hydrogen) atoms. The van der Waals surface area contributed by atoms with Crippen LogP contribution in [0.15, 0.2) is 0 Å². The summed E-state index contributed by atoms with van der Waals surface area (Å²) >= 11 is 0. The molecule has 1 fully saturated rings. The standard InChI is InChI=1S/C13H25N3O2/c1-9(15-12(18)13(2,3)4)11(17)16-10-6-5-7-14-8-10/h9-10,14H,5-8H2,1-4H3,(H,15,18)(H,16,17). The van der Waals surface area contributed by atoms with Crippen LogP contribution in [0.25, 0.3) is 0 Å². The van der Waals surface area contributed by atoms with E-state index in [1.54, 1.807) is 6.92 Å². The average Bonchev–Trinajstić information content (AvgIpc) is 2.28. The maximum atomic E-state index is 11.9. The van der Waals surface area contributed by atoms with E-state index in [-0.39, 0.29) is 17.9 Å². The highest BCUT2D eigenvalue weighted by Crippen LogP contribution is 2.12. The molecule has 5 heteroatoms. The molecule has 1 rings (SSSR count). The summed E-state index contributed by atoms with van der Waals surface area (Å²) < 4.78 is 0. The molecule has 0 bridgehead atoms. The van der Waals surface area contributed by atoms with E-state index in [4.69, 9.17) is 0 Å². The molecule has 0 saturated carbocycles. The maximum Gasteiger partial charge on any atom is 0.242 e. The van der Waals surface area contributed by atoms with Crippen molar-refractivity contribution in [2.45, 2.75) is 52.6 Å². The molecule has 1 aliphatic rings. The van der Waals surface area contributed by atoms with Gasteiger partial charge in [0.05, 0.1) is 0 Å². The average molecular weight is 255 g/mol. The summed E-state index contributed by atoms with van der Waals surface area (Å²) in [6, 6.07) is -0.307. The molecule has 1 heterocycles. The van der Waals surface area contributed by atoms with Gasteiger partial charge in [0, 0.05) is 18.0 Å². The van der Waals surface area contributed by atoms with Crippen molar-refractivity contribution in [3.05, 3.63) is 0 Å². The van der Waals surface area contributed by atoms with Gasteiger partial charge < -0.3 is 16.0 Å². The Labute approximate surface area is 109 Å². The van der Waals surface area contributed by atoms with Crippen molar-refractivity contribution in [2.24, 2.45) is 5.41 Å². The highest BCUT2D eigenvalue weighted by Gasteiger charge is 2.26. The van der Waals surface area contributed by atoms with Gasteiger partial charge in [-0.15, -0.1) is 0 Å². The lowest BCUT2D eigenvalue weighted by atomic mass is 9.95. The van der Waals surface area contributed by atoms with Gasteiger partial charge in [0.2, 0.25) is 11.8 Å². The Hall–Kier alpha value is -1.10. The molecule has 3 N–H and O–H groups in total. The number of nitrogens with one attached hydrogen (secondary N) is 3. The van der Waals surface area contributed by atoms with Crippen molar-refractivity contribution < 1.29 is 9.59 Å². The molecular formula is C13H25N3O2. The molecule has 1 saturated heterocycles. The Morgan fingerprint density at radius 1 is 1.33 bits per heavy atom. The highest BCUT2D eigenvalue weighted by molar-refractivity contribution is 5.89. The van der Waals surface area contributed by atoms with Gasteiger partial charge in [0.25, 0.3) is 0 Å². The van der Waals surface area contributed by atoms with Gasteiger partial charge in [-0.2, -0.15) is 0 Å². The highest BCUT2D eigenvalue weighted by atomic mass is 16.2. The smallest absolute Gasteiger partial charge is 0.242 e. The number of carbonyl (C=O) groups excluding carboxylic acids is 2. The molecule has 0 spiro atoms. The fourth-order valence-electron chi connectivity index (χ4n) is 1.78. The first-order chi connectivity index (χ1) is 8.30. The molecular weight excluding hydrogens is 230 g/mol. The zero-order chi connectivity index (χ0) is 13.8. The Morgan fingerprint density at radius 3 is 2.50 bits per heavy atom. The first kappa shape index (κ1) is 15.0. The predicted octanol–water partition coefficient (Wildman–Crippen LogP) is 0.405. The molecule has 2 unspecified atom stereocenters. The van der Waals surface area contributed by atoms with Crippen molar-refractivity contribution >= 4 is 11.8 Å². The van der Waals surface area contributed by atoms with Gasteiger partial charge in [-0.1, -0.05) is 20.8 Å². The van der Waals surface area contributed by atoms with Gasteiger partial charge in [-0.05, 0) is 26.3 Å². The van der Waals surface area contributed by atoms with Crippen LogP contribution in [0.5, 0.6) is 0 Å². The van der Waals surface area contributed by atoms with Gasteiger partial charge in [-0.3, -0.25) is 9.59 Å². The van der Waals surface area contributed by atoms with Crippen LogP contribution in [-0.2, 0) is 9.59 Å². The molecule has 0 radical (unpaired) electrons. The number of hydrogen-bond acceptors (Lipinski definition) is 3. The van der Waals surface area contributed by atoms with Crippen molar-refractivity contribution in [3.8, 4) is 0 Å². The van der Waals surface area contributed by atoms with Crippen molar-refractivity contribution in [3.63, 3.8) is 0 Å². The Balaban J connectivity index is 2.39. The number of piperidine rings is 1. The molecule has 0 aromatic heterocycles. The van der Waals surface area contributed by atoms with Crippen LogP contribution < -0.4 is 16.0 Å². The molecule has 0 aromatic carbocycles. The molecule has 0 aromatic rings. The van der Waals surface area contributed by atoms with E-state index in [0.29, 0.717) is 0 Å². The van der Waals surface area contributed by atoms with E-state index in [1.807, 2.05) is 20.8 Å². The summed E-state index contributed by atoms with van der Waals surface area (Å²) in [7, 11) is 0. The van der Waals surface area contributed by atoms with Crippen LogP contribution in [-0.4, -0.2) is 37.0 Å². The van der Waals surface area contributed by atoms with E-state index in [2.05, 4.69) is 16.0 Å². The van der Waals surface area contributed by atoms with Crippen LogP contribution in [0.3, 0.4) is 0 Å². The molecule has 2 amide bonds. The van der Waals surface area contributed by atoms with Gasteiger partial charge in [-0.25, -0.2) is 0 Å². The summed E-state index contributed by atoms with van der Waals surface area (Å²) in [6.45, 7) is 9.04. The Morgan fingerprint density at radius 2 is 2.00 bits per heavy atom. The minimum atomic E-state index is -0.487. The number of hydrogen-bond donors (Lipinski definition) is 3. The van der Waals surface area contributed by atoms with E-state index in [9.17, 15) is 9.59 Å². The van der Waals surface area contributed by atoms with Crippen LogP contribution in [0.1, 0.15) is 40.5 Å². The number of carbonyl (C=O) groups is 2. The van der Waals surface area contributed by atoms with Gasteiger partial charge >= 0.3 is 0 Å². The zero-order valence-corrected chi connectivity index (χ0v) is 11.8. The number of rotatable bonds is 3. The minimum absolute atomic E-state index is 0.105. The SMILES string of the molecule is CC(NC(=O)C(C)(C)C)C(=O)NC1CCCNC1.